The lowest BCUT2D eigenvalue weighted by atomic mass is 9.94. The molecule has 1 unspecified atom stereocenters. The molecule has 2 rings (SSSR count). The van der Waals surface area contributed by atoms with Crippen molar-refractivity contribution < 1.29 is 18.0 Å². The van der Waals surface area contributed by atoms with Crippen LogP contribution in [0.5, 0.6) is 0 Å². The number of pyridine rings is 1. The van der Waals surface area contributed by atoms with Gasteiger partial charge in [0.1, 0.15) is 12.0 Å². The fourth-order valence-corrected chi connectivity index (χ4v) is 2.08. The Morgan fingerprint density at radius 3 is 2.38 bits per heavy atom. The van der Waals surface area contributed by atoms with Crippen LogP contribution < -0.4 is 5.73 Å². The number of alkyl halides is 3. The quantitative estimate of drug-likeness (QED) is 0.879. The van der Waals surface area contributed by atoms with Gasteiger partial charge in [0.05, 0.1) is 5.69 Å². The van der Waals surface area contributed by atoms with Crippen molar-refractivity contribution in [1.29, 1.82) is 0 Å². The molecule has 0 radical (unpaired) electrons. The molecule has 0 spiro atoms. The van der Waals surface area contributed by atoms with Crippen molar-refractivity contribution in [3.63, 3.8) is 0 Å². The first-order valence-corrected chi connectivity index (χ1v) is 6.23. The standard InChI is InChI=1S/C15H13F3N2O/c1-9(8-21)13-11(19)7-12(15(16,17)18)20-14(13)10-5-3-2-4-6-10/h2-9H,1H3,(H2,19,20). The zero-order valence-electron chi connectivity index (χ0n) is 11.2. The topological polar surface area (TPSA) is 56.0 Å². The normalized spacial score (nSPS) is 13.0. The number of carbonyl (C=O) groups is 1. The van der Waals surface area contributed by atoms with E-state index in [0.29, 0.717) is 17.4 Å². The molecular formula is C15H13F3N2O. The van der Waals surface area contributed by atoms with Crippen LogP contribution in [0.1, 0.15) is 24.1 Å². The Morgan fingerprint density at radius 1 is 1.24 bits per heavy atom. The van der Waals surface area contributed by atoms with E-state index in [0.717, 1.165) is 6.07 Å². The average Bonchev–Trinajstić information content (AvgIpc) is 2.45. The molecule has 0 aliphatic rings. The van der Waals surface area contributed by atoms with Gasteiger partial charge in [-0.2, -0.15) is 13.2 Å². The van der Waals surface area contributed by atoms with E-state index in [1.165, 1.54) is 0 Å². The Labute approximate surface area is 119 Å². The second-order valence-electron chi connectivity index (χ2n) is 4.65. The van der Waals surface area contributed by atoms with Gasteiger partial charge in [0.2, 0.25) is 0 Å². The van der Waals surface area contributed by atoms with E-state index in [1.54, 1.807) is 37.3 Å². The molecule has 0 aliphatic carbocycles. The summed E-state index contributed by atoms with van der Waals surface area (Å²) in [7, 11) is 0. The molecule has 0 fully saturated rings. The van der Waals surface area contributed by atoms with Gasteiger partial charge < -0.3 is 10.5 Å². The Kier molecular flexibility index (Phi) is 3.97. The Balaban J connectivity index is 2.74. The summed E-state index contributed by atoms with van der Waals surface area (Å²) in [5.74, 6) is -0.644. The summed E-state index contributed by atoms with van der Waals surface area (Å²) in [4.78, 5) is 14.7. The summed E-state index contributed by atoms with van der Waals surface area (Å²) in [5.41, 5.74) is 5.46. The lowest BCUT2D eigenvalue weighted by Crippen LogP contribution is -2.13. The van der Waals surface area contributed by atoms with Gasteiger partial charge in [0.25, 0.3) is 0 Å². The number of carbonyl (C=O) groups excluding carboxylic acids is 1. The van der Waals surface area contributed by atoms with Crippen molar-refractivity contribution >= 4 is 12.0 Å². The molecule has 1 aromatic carbocycles. The van der Waals surface area contributed by atoms with Crippen molar-refractivity contribution in [2.75, 3.05) is 5.73 Å². The van der Waals surface area contributed by atoms with Gasteiger partial charge in [0, 0.05) is 22.7 Å². The van der Waals surface area contributed by atoms with Crippen LogP contribution in [0, 0.1) is 0 Å². The van der Waals surface area contributed by atoms with Crippen LogP contribution in [0.4, 0.5) is 18.9 Å². The first kappa shape index (κ1) is 15.0. The number of nitrogen functional groups attached to an aromatic ring is 1. The highest BCUT2D eigenvalue weighted by Gasteiger charge is 2.34. The van der Waals surface area contributed by atoms with Crippen LogP contribution in [0.15, 0.2) is 36.4 Å². The minimum absolute atomic E-state index is 0.0857. The Hall–Kier alpha value is -2.37. The fraction of sp³-hybridized carbons (Fsp3) is 0.200. The largest absolute Gasteiger partial charge is 0.433 e. The SMILES string of the molecule is CC(C=O)c1c(N)cc(C(F)(F)F)nc1-c1ccccc1. The van der Waals surface area contributed by atoms with Crippen LogP contribution in [0.25, 0.3) is 11.3 Å². The highest BCUT2D eigenvalue weighted by molar-refractivity contribution is 5.77. The van der Waals surface area contributed by atoms with Crippen LogP contribution in [-0.4, -0.2) is 11.3 Å². The Bertz CT molecular complexity index is 654. The predicted molar refractivity (Wildman–Crippen MR) is 73.6 cm³/mol. The van der Waals surface area contributed by atoms with Gasteiger partial charge >= 0.3 is 6.18 Å². The fourth-order valence-electron chi connectivity index (χ4n) is 2.08. The molecule has 1 aromatic heterocycles. The highest BCUT2D eigenvalue weighted by Crippen LogP contribution is 2.36. The van der Waals surface area contributed by atoms with E-state index in [-0.39, 0.29) is 11.4 Å². The number of benzene rings is 1. The number of nitrogens with two attached hydrogens (primary N) is 1. The predicted octanol–water partition coefficient (Wildman–Crippen LogP) is 3.65. The van der Waals surface area contributed by atoms with Gasteiger partial charge in [-0.15, -0.1) is 0 Å². The third-order valence-corrected chi connectivity index (χ3v) is 3.09. The number of hydrogen-bond acceptors (Lipinski definition) is 3. The maximum absolute atomic E-state index is 12.9. The number of hydrogen-bond donors (Lipinski definition) is 1. The Morgan fingerprint density at radius 2 is 1.86 bits per heavy atom. The first-order valence-electron chi connectivity index (χ1n) is 6.23. The van der Waals surface area contributed by atoms with Crippen molar-refractivity contribution in [3.05, 3.63) is 47.7 Å². The van der Waals surface area contributed by atoms with Gasteiger partial charge in [-0.05, 0) is 6.07 Å². The average molecular weight is 294 g/mol. The van der Waals surface area contributed by atoms with E-state index in [1.807, 2.05) is 0 Å². The molecule has 6 heteroatoms. The monoisotopic (exact) mass is 294 g/mol. The van der Waals surface area contributed by atoms with Crippen molar-refractivity contribution in [1.82, 2.24) is 4.98 Å². The van der Waals surface area contributed by atoms with Crippen LogP contribution in [0.3, 0.4) is 0 Å². The number of anilines is 1. The second kappa shape index (κ2) is 5.55. The molecule has 2 aromatic rings. The molecule has 1 heterocycles. The third-order valence-electron chi connectivity index (χ3n) is 3.09. The minimum atomic E-state index is -4.60. The van der Waals surface area contributed by atoms with Crippen LogP contribution in [0.2, 0.25) is 0 Å². The molecule has 0 bridgehead atoms. The van der Waals surface area contributed by atoms with Gasteiger partial charge in [-0.3, -0.25) is 0 Å². The lowest BCUT2D eigenvalue weighted by molar-refractivity contribution is -0.141. The van der Waals surface area contributed by atoms with Gasteiger partial charge in [-0.25, -0.2) is 4.98 Å². The van der Waals surface area contributed by atoms with E-state index >= 15 is 0 Å². The zero-order valence-corrected chi connectivity index (χ0v) is 11.2. The van der Waals surface area contributed by atoms with Crippen molar-refractivity contribution in [3.8, 4) is 11.3 Å². The third kappa shape index (κ3) is 3.04. The van der Waals surface area contributed by atoms with E-state index in [2.05, 4.69) is 4.98 Å². The van der Waals surface area contributed by atoms with Crippen molar-refractivity contribution in [2.45, 2.75) is 19.0 Å². The zero-order chi connectivity index (χ0) is 15.6. The summed E-state index contributed by atoms with van der Waals surface area (Å²) >= 11 is 0. The summed E-state index contributed by atoms with van der Waals surface area (Å²) in [6, 6.07) is 9.13. The number of rotatable bonds is 3. The second-order valence-corrected chi connectivity index (χ2v) is 4.65. The number of aromatic nitrogens is 1. The summed E-state index contributed by atoms with van der Waals surface area (Å²) in [6.45, 7) is 1.57. The number of nitrogens with zero attached hydrogens (tertiary/aromatic N) is 1. The van der Waals surface area contributed by atoms with Gasteiger partial charge in [-0.1, -0.05) is 37.3 Å². The molecule has 21 heavy (non-hydrogen) atoms. The van der Waals surface area contributed by atoms with Crippen LogP contribution >= 0.6 is 0 Å². The van der Waals surface area contributed by atoms with Crippen LogP contribution in [-0.2, 0) is 11.0 Å². The summed E-state index contributed by atoms with van der Waals surface area (Å²) in [5, 5.41) is 0. The minimum Gasteiger partial charge on any atom is -0.398 e. The maximum Gasteiger partial charge on any atom is 0.433 e. The molecule has 2 N–H and O–H groups in total. The lowest BCUT2D eigenvalue weighted by Gasteiger charge is -2.17. The molecule has 0 aliphatic heterocycles. The molecular weight excluding hydrogens is 281 g/mol. The highest BCUT2D eigenvalue weighted by atomic mass is 19.4. The van der Waals surface area contributed by atoms with Crippen molar-refractivity contribution in [2.24, 2.45) is 0 Å². The molecule has 0 saturated heterocycles. The van der Waals surface area contributed by atoms with Gasteiger partial charge in [0.15, 0.2) is 0 Å². The number of halogens is 3. The molecule has 0 saturated carbocycles. The molecule has 110 valence electrons. The smallest absolute Gasteiger partial charge is 0.398 e. The maximum atomic E-state index is 12.9. The molecule has 0 amide bonds. The van der Waals surface area contributed by atoms with E-state index in [4.69, 9.17) is 5.73 Å². The summed E-state index contributed by atoms with van der Waals surface area (Å²) in [6.07, 6.45) is -3.96. The first-order chi connectivity index (χ1) is 9.84. The molecule has 3 nitrogen and oxygen atoms in total. The molecule has 1 atom stereocenters. The van der Waals surface area contributed by atoms with E-state index < -0.39 is 17.8 Å². The van der Waals surface area contributed by atoms with E-state index in [9.17, 15) is 18.0 Å². The number of aldehydes is 1. The summed E-state index contributed by atoms with van der Waals surface area (Å²) < 4.78 is 38.7.